The number of aryl methyl sites for hydroxylation is 1. The number of rotatable bonds is 4. The minimum absolute atomic E-state index is 0.00629. The highest BCUT2D eigenvalue weighted by Gasteiger charge is 2.47. The maximum absolute atomic E-state index is 13.7. The number of alkyl halides is 3. The Labute approximate surface area is 200 Å². The minimum atomic E-state index is -4.37. The van der Waals surface area contributed by atoms with Crippen LogP contribution in [-0.4, -0.2) is 36.4 Å². The number of nitrogens with two attached hydrogens (primary N) is 1. The number of fused-ring (bicyclic) bond motifs is 2. The zero-order valence-electron chi connectivity index (χ0n) is 18.0. The lowest BCUT2D eigenvalue weighted by molar-refractivity contribution is -0.134. The van der Waals surface area contributed by atoms with E-state index in [9.17, 15) is 22.4 Å². The number of hydrogen-bond acceptors (Lipinski definition) is 6. The van der Waals surface area contributed by atoms with Crippen molar-refractivity contribution in [2.24, 2.45) is 0 Å². The highest BCUT2D eigenvalue weighted by atomic mass is 35.5. The van der Waals surface area contributed by atoms with E-state index in [0.717, 1.165) is 6.07 Å². The van der Waals surface area contributed by atoms with E-state index >= 15 is 0 Å². The lowest BCUT2D eigenvalue weighted by atomic mass is 9.78. The van der Waals surface area contributed by atoms with Gasteiger partial charge in [-0.2, -0.15) is 13.2 Å². The van der Waals surface area contributed by atoms with E-state index in [1.165, 1.54) is 28.9 Å². The van der Waals surface area contributed by atoms with Crippen LogP contribution in [0.1, 0.15) is 30.2 Å². The molecule has 3 aromatic heterocycles. The number of benzene rings is 1. The summed E-state index contributed by atoms with van der Waals surface area (Å²) in [6.07, 6.45) is -1.32. The number of halogens is 5. The molecular weight excluding hydrogens is 490 g/mol. The Morgan fingerprint density at radius 2 is 2.00 bits per heavy atom. The number of carbonyl (C=O) groups excluding carboxylic acids is 1. The van der Waals surface area contributed by atoms with Crippen LogP contribution in [0.5, 0.6) is 0 Å². The van der Waals surface area contributed by atoms with Gasteiger partial charge < -0.3 is 15.5 Å². The number of nitrogens with one attached hydrogen (secondary N) is 1. The monoisotopic (exact) mass is 505 g/mol. The molecule has 0 saturated heterocycles. The predicted molar refractivity (Wildman–Crippen MR) is 119 cm³/mol. The maximum Gasteiger partial charge on any atom is 0.389 e. The average Bonchev–Trinajstić information content (AvgIpc) is 3.36. The molecule has 35 heavy (non-hydrogen) atoms. The van der Waals surface area contributed by atoms with Gasteiger partial charge in [0.25, 0.3) is 0 Å². The lowest BCUT2D eigenvalue weighted by Gasteiger charge is -2.23. The van der Waals surface area contributed by atoms with Gasteiger partial charge in [-0.25, -0.2) is 24.3 Å². The SMILES string of the molecule is CC1(c2ccc(F)c(Cl)c2)C(=O)Nc2nc(-c3cn4ccnc4c(CCC(F)(F)F)n3)nc(N)c21. The fourth-order valence-corrected chi connectivity index (χ4v) is 4.32. The van der Waals surface area contributed by atoms with Crippen LogP contribution in [0.3, 0.4) is 0 Å². The zero-order chi connectivity index (χ0) is 25.1. The van der Waals surface area contributed by atoms with Crippen LogP contribution < -0.4 is 11.1 Å². The highest BCUT2D eigenvalue weighted by molar-refractivity contribution is 6.30. The van der Waals surface area contributed by atoms with E-state index in [2.05, 4.69) is 25.3 Å². The van der Waals surface area contributed by atoms with Gasteiger partial charge in [-0.3, -0.25) is 4.79 Å². The first-order chi connectivity index (χ1) is 16.5. The van der Waals surface area contributed by atoms with Crippen LogP contribution in [-0.2, 0) is 16.6 Å². The molecule has 0 fully saturated rings. The Morgan fingerprint density at radius 3 is 2.71 bits per heavy atom. The van der Waals surface area contributed by atoms with Crippen molar-refractivity contribution in [2.45, 2.75) is 31.4 Å². The quantitative estimate of drug-likeness (QED) is 0.400. The topological polar surface area (TPSA) is 111 Å². The third kappa shape index (κ3) is 3.83. The Bertz CT molecular complexity index is 1500. The largest absolute Gasteiger partial charge is 0.389 e. The molecule has 13 heteroatoms. The number of aromatic nitrogens is 5. The smallest absolute Gasteiger partial charge is 0.383 e. The molecule has 1 amide bonds. The molecule has 0 radical (unpaired) electrons. The summed E-state index contributed by atoms with van der Waals surface area (Å²) in [4.78, 5) is 30.1. The molecule has 4 heterocycles. The molecule has 4 aromatic rings. The summed E-state index contributed by atoms with van der Waals surface area (Å²) in [5.41, 5.74) is 6.10. The van der Waals surface area contributed by atoms with Gasteiger partial charge >= 0.3 is 6.18 Å². The molecule has 0 saturated carbocycles. The molecule has 1 aromatic carbocycles. The zero-order valence-corrected chi connectivity index (χ0v) is 18.7. The Balaban J connectivity index is 1.61. The first-order valence-corrected chi connectivity index (χ1v) is 10.7. The molecular formula is C22H16ClF4N7O. The molecule has 0 bridgehead atoms. The van der Waals surface area contributed by atoms with Gasteiger partial charge in [0.05, 0.1) is 16.3 Å². The van der Waals surface area contributed by atoms with Gasteiger partial charge in [-0.1, -0.05) is 17.7 Å². The number of hydrogen-bond donors (Lipinski definition) is 2. The number of carbonyl (C=O) groups is 1. The van der Waals surface area contributed by atoms with Gasteiger partial charge in [-0.15, -0.1) is 0 Å². The Kier molecular flexibility index (Phi) is 5.16. The van der Waals surface area contributed by atoms with Crippen molar-refractivity contribution >= 4 is 34.8 Å². The molecule has 5 rings (SSSR count). The summed E-state index contributed by atoms with van der Waals surface area (Å²) in [5, 5.41) is 2.50. The first-order valence-electron chi connectivity index (χ1n) is 10.3. The Hall–Kier alpha value is -3.80. The second kappa shape index (κ2) is 7.87. The number of amides is 1. The molecule has 0 aliphatic carbocycles. The molecule has 0 spiro atoms. The van der Waals surface area contributed by atoms with Crippen LogP contribution in [0.2, 0.25) is 5.02 Å². The predicted octanol–water partition coefficient (Wildman–Crippen LogP) is 4.31. The molecule has 8 nitrogen and oxygen atoms in total. The minimum Gasteiger partial charge on any atom is -0.383 e. The van der Waals surface area contributed by atoms with Crippen molar-refractivity contribution in [3.05, 3.63) is 64.5 Å². The highest BCUT2D eigenvalue weighted by Crippen LogP contribution is 2.45. The average molecular weight is 506 g/mol. The second-order valence-corrected chi connectivity index (χ2v) is 8.62. The van der Waals surface area contributed by atoms with Gasteiger partial charge in [0.2, 0.25) is 5.91 Å². The normalized spacial score (nSPS) is 17.6. The number of nitrogen functional groups attached to an aromatic ring is 1. The molecule has 1 aliphatic heterocycles. The molecule has 1 atom stereocenters. The van der Waals surface area contributed by atoms with Crippen LogP contribution in [0.4, 0.5) is 29.2 Å². The van der Waals surface area contributed by atoms with E-state index in [4.69, 9.17) is 17.3 Å². The third-order valence-electron chi connectivity index (χ3n) is 5.94. The standard InChI is InChI=1S/C22H16ClF4N7O/c1-21(10-2-3-12(24)11(23)8-10)15-16(28)31-17(32-18(15)33-20(21)35)14-9-34-7-6-29-19(34)13(30-14)4-5-22(25,26)27/h2-3,6-9H,4-5H2,1H3,(H3,28,31,32,33,35). The van der Waals surface area contributed by atoms with Crippen molar-refractivity contribution in [1.82, 2.24) is 24.3 Å². The van der Waals surface area contributed by atoms with Crippen LogP contribution in [0, 0.1) is 5.82 Å². The van der Waals surface area contributed by atoms with Crippen LogP contribution in [0.25, 0.3) is 17.2 Å². The summed E-state index contributed by atoms with van der Waals surface area (Å²) in [6.45, 7) is 1.59. The van der Waals surface area contributed by atoms with Gasteiger partial charge in [0.15, 0.2) is 11.5 Å². The summed E-state index contributed by atoms with van der Waals surface area (Å²) < 4.78 is 53.7. The van der Waals surface area contributed by atoms with E-state index < -0.39 is 36.2 Å². The molecule has 1 aliphatic rings. The van der Waals surface area contributed by atoms with Gasteiger partial charge in [0.1, 0.15) is 28.6 Å². The second-order valence-electron chi connectivity index (χ2n) is 8.21. The lowest BCUT2D eigenvalue weighted by Crippen LogP contribution is -2.33. The van der Waals surface area contributed by atoms with Crippen molar-refractivity contribution in [2.75, 3.05) is 11.1 Å². The van der Waals surface area contributed by atoms with Crippen LogP contribution >= 0.6 is 11.6 Å². The third-order valence-corrected chi connectivity index (χ3v) is 6.23. The summed E-state index contributed by atoms with van der Waals surface area (Å²) >= 11 is 5.93. The summed E-state index contributed by atoms with van der Waals surface area (Å²) in [7, 11) is 0. The van der Waals surface area contributed by atoms with Crippen molar-refractivity contribution < 1.29 is 22.4 Å². The van der Waals surface area contributed by atoms with E-state index in [1.807, 2.05) is 0 Å². The van der Waals surface area contributed by atoms with Crippen molar-refractivity contribution in [1.29, 1.82) is 0 Å². The fraction of sp³-hybridized carbons (Fsp3) is 0.227. The first kappa shape index (κ1) is 23.0. The van der Waals surface area contributed by atoms with E-state index in [1.54, 1.807) is 13.1 Å². The van der Waals surface area contributed by atoms with Crippen molar-refractivity contribution in [3.63, 3.8) is 0 Å². The maximum atomic E-state index is 13.7. The summed E-state index contributed by atoms with van der Waals surface area (Å²) in [5.74, 6) is -1.04. The van der Waals surface area contributed by atoms with Gasteiger partial charge in [0, 0.05) is 31.4 Å². The Morgan fingerprint density at radius 1 is 1.23 bits per heavy atom. The molecule has 3 N–H and O–H groups in total. The van der Waals surface area contributed by atoms with Crippen molar-refractivity contribution in [3.8, 4) is 11.5 Å². The molecule has 1 unspecified atom stereocenters. The number of anilines is 2. The number of imidazole rings is 1. The fourth-order valence-electron chi connectivity index (χ4n) is 4.14. The van der Waals surface area contributed by atoms with E-state index in [0.29, 0.717) is 5.56 Å². The van der Waals surface area contributed by atoms with E-state index in [-0.39, 0.29) is 45.1 Å². The van der Waals surface area contributed by atoms with Gasteiger partial charge in [-0.05, 0) is 24.6 Å². The summed E-state index contributed by atoms with van der Waals surface area (Å²) in [6, 6.07) is 3.90. The van der Waals surface area contributed by atoms with Crippen LogP contribution in [0.15, 0.2) is 36.8 Å². The number of nitrogens with zero attached hydrogens (tertiary/aromatic N) is 5. The molecule has 180 valence electrons.